The molecule has 0 radical (unpaired) electrons. The predicted octanol–water partition coefficient (Wildman–Crippen LogP) is 4.15. The zero-order valence-electron chi connectivity index (χ0n) is 9.94. The molecule has 0 aliphatic heterocycles. The SMILES string of the molecule is CC1(C#CC2CC3(CC3)C2)CCCCC1. The molecule has 3 saturated carbocycles. The highest BCUT2D eigenvalue weighted by Gasteiger charge is 2.52. The van der Waals surface area contributed by atoms with Crippen molar-refractivity contribution in [3.8, 4) is 11.8 Å². The molecule has 0 heterocycles. The molecule has 3 aliphatic carbocycles. The third-order valence-corrected chi connectivity index (χ3v) is 4.85. The van der Waals surface area contributed by atoms with Gasteiger partial charge in [0.15, 0.2) is 0 Å². The number of rotatable bonds is 0. The normalized spacial score (nSPS) is 31.5. The van der Waals surface area contributed by atoms with Crippen molar-refractivity contribution >= 4 is 0 Å². The molecule has 0 atom stereocenters. The molecule has 0 aromatic rings. The van der Waals surface area contributed by atoms with Crippen molar-refractivity contribution in [1.29, 1.82) is 0 Å². The molecule has 0 saturated heterocycles. The largest absolute Gasteiger partial charge is 0.0993 e. The molecule has 0 amide bonds. The fourth-order valence-corrected chi connectivity index (χ4v) is 3.41. The van der Waals surface area contributed by atoms with Gasteiger partial charge in [-0.1, -0.05) is 31.1 Å². The fourth-order valence-electron chi connectivity index (χ4n) is 3.41. The van der Waals surface area contributed by atoms with Gasteiger partial charge in [0.2, 0.25) is 0 Å². The molecule has 3 aliphatic rings. The van der Waals surface area contributed by atoms with Gasteiger partial charge in [-0.05, 0) is 50.9 Å². The van der Waals surface area contributed by atoms with E-state index < -0.39 is 0 Å². The molecule has 0 unspecified atom stereocenters. The van der Waals surface area contributed by atoms with Crippen molar-refractivity contribution in [2.24, 2.45) is 16.7 Å². The Morgan fingerprint density at radius 1 is 0.933 bits per heavy atom. The van der Waals surface area contributed by atoms with Gasteiger partial charge in [-0.25, -0.2) is 0 Å². The van der Waals surface area contributed by atoms with Gasteiger partial charge in [0, 0.05) is 11.3 Å². The lowest BCUT2D eigenvalue weighted by molar-refractivity contribution is 0.220. The van der Waals surface area contributed by atoms with Gasteiger partial charge in [0.05, 0.1) is 0 Å². The van der Waals surface area contributed by atoms with Crippen LogP contribution in [-0.4, -0.2) is 0 Å². The number of hydrogen-bond acceptors (Lipinski definition) is 0. The molecule has 0 nitrogen and oxygen atoms in total. The maximum atomic E-state index is 3.62. The van der Waals surface area contributed by atoms with Crippen LogP contribution in [0.15, 0.2) is 0 Å². The van der Waals surface area contributed by atoms with E-state index in [1.54, 1.807) is 0 Å². The molecule has 0 aromatic carbocycles. The quantitative estimate of drug-likeness (QED) is 0.518. The Balaban J connectivity index is 1.57. The maximum Gasteiger partial charge on any atom is 0.0286 e. The van der Waals surface area contributed by atoms with Crippen LogP contribution in [0, 0.1) is 28.6 Å². The highest BCUT2D eigenvalue weighted by atomic mass is 14.6. The first-order valence-corrected chi connectivity index (χ1v) is 6.73. The monoisotopic (exact) mass is 202 g/mol. The molecule has 1 spiro atoms. The van der Waals surface area contributed by atoms with Gasteiger partial charge in [-0.15, -0.1) is 0 Å². The molecule has 82 valence electrons. The Morgan fingerprint density at radius 3 is 2.20 bits per heavy atom. The fraction of sp³-hybridized carbons (Fsp3) is 0.867. The molecule has 0 heteroatoms. The summed E-state index contributed by atoms with van der Waals surface area (Å²) < 4.78 is 0. The minimum Gasteiger partial charge on any atom is -0.0993 e. The second kappa shape index (κ2) is 3.27. The molecule has 3 fully saturated rings. The van der Waals surface area contributed by atoms with Crippen molar-refractivity contribution in [3.63, 3.8) is 0 Å². The second-order valence-electron chi connectivity index (χ2n) is 6.50. The van der Waals surface area contributed by atoms with Crippen LogP contribution in [0.2, 0.25) is 0 Å². The topological polar surface area (TPSA) is 0 Å². The van der Waals surface area contributed by atoms with Crippen molar-refractivity contribution in [3.05, 3.63) is 0 Å². The molecular weight excluding hydrogens is 180 g/mol. The Hall–Kier alpha value is -0.440. The van der Waals surface area contributed by atoms with Crippen molar-refractivity contribution < 1.29 is 0 Å². The minimum atomic E-state index is 0.380. The first-order chi connectivity index (χ1) is 7.20. The summed E-state index contributed by atoms with van der Waals surface area (Å²) in [6, 6.07) is 0. The molecular formula is C15H22. The van der Waals surface area contributed by atoms with Gasteiger partial charge >= 0.3 is 0 Å². The lowest BCUT2D eigenvalue weighted by Gasteiger charge is -2.33. The van der Waals surface area contributed by atoms with E-state index in [0.29, 0.717) is 5.41 Å². The van der Waals surface area contributed by atoms with E-state index in [2.05, 4.69) is 18.8 Å². The van der Waals surface area contributed by atoms with Crippen LogP contribution in [-0.2, 0) is 0 Å². The van der Waals surface area contributed by atoms with Gasteiger partial charge in [0.25, 0.3) is 0 Å². The maximum absolute atomic E-state index is 3.62. The zero-order valence-corrected chi connectivity index (χ0v) is 9.94. The highest BCUT2D eigenvalue weighted by Crippen LogP contribution is 2.63. The van der Waals surface area contributed by atoms with E-state index in [0.717, 1.165) is 11.3 Å². The molecule has 0 N–H and O–H groups in total. The van der Waals surface area contributed by atoms with Crippen LogP contribution in [0.4, 0.5) is 0 Å². The van der Waals surface area contributed by atoms with Gasteiger partial charge in [-0.2, -0.15) is 0 Å². The van der Waals surface area contributed by atoms with Crippen molar-refractivity contribution in [2.45, 2.75) is 64.7 Å². The predicted molar refractivity (Wildman–Crippen MR) is 63.4 cm³/mol. The molecule has 15 heavy (non-hydrogen) atoms. The summed E-state index contributed by atoms with van der Waals surface area (Å²) in [5, 5.41) is 0. The van der Waals surface area contributed by atoms with Gasteiger partial charge in [0.1, 0.15) is 0 Å². The van der Waals surface area contributed by atoms with Crippen molar-refractivity contribution in [2.75, 3.05) is 0 Å². The molecule has 0 bridgehead atoms. The molecule has 3 rings (SSSR count). The Labute approximate surface area is 93.8 Å². The van der Waals surface area contributed by atoms with Crippen molar-refractivity contribution in [1.82, 2.24) is 0 Å². The average Bonchev–Trinajstić information content (AvgIpc) is 2.94. The minimum absolute atomic E-state index is 0.380. The number of hydrogen-bond donors (Lipinski definition) is 0. The third kappa shape index (κ3) is 1.94. The standard InChI is InChI=1S/C15H22/c1-14(6-3-2-4-7-14)8-5-13-11-15(12-13)9-10-15/h13H,2-4,6-7,9-12H2,1H3. The summed E-state index contributed by atoms with van der Waals surface area (Å²) in [4.78, 5) is 0. The highest BCUT2D eigenvalue weighted by molar-refractivity contribution is 5.19. The second-order valence-corrected chi connectivity index (χ2v) is 6.50. The summed E-state index contributed by atoms with van der Waals surface area (Å²) in [5.41, 5.74) is 1.21. The van der Waals surface area contributed by atoms with E-state index in [1.807, 2.05) is 0 Å². The average molecular weight is 202 g/mol. The van der Waals surface area contributed by atoms with E-state index >= 15 is 0 Å². The summed E-state index contributed by atoms with van der Waals surface area (Å²) >= 11 is 0. The first-order valence-electron chi connectivity index (χ1n) is 6.73. The summed E-state index contributed by atoms with van der Waals surface area (Å²) in [6.45, 7) is 2.38. The van der Waals surface area contributed by atoms with Crippen LogP contribution in [0.3, 0.4) is 0 Å². The summed E-state index contributed by atoms with van der Waals surface area (Å²) in [6.07, 6.45) is 12.8. The smallest absolute Gasteiger partial charge is 0.0286 e. The Kier molecular flexibility index (Phi) is 2.13. The van der Waals surface area contributed by atoms with E-state index in [-0.39, 0.29) is 0 Å². The molecule has 0 aromatic heterocycles. The first kappa shape index (κ1) is 9.76. The van der Waals surface area contributed by atoms with E-state index in [9.17, 15) is 0 Å². The Bertz CT molecular complexity index is 297. The summed E-state index contributed by atoms with van der Waals surface area (Å²) in [5.74, 6) is 7.96. The van der Waals surface area contributed by atoms with Crippen LogP contribution in [0.25, 0.3) is 0 Å². The Morgan fingerprint density at radius 2 is 1.60 bits per heavy atom. The van der Waals surface area contributed by atoms with Crippen LogP contribution >= 0.6 is 0 Å². The van der Waals surface area contributed by atoms with Crippen LogP contribution in [0.1, 0.15) is 64.7 Å². The third-order valence-electron chi connectivity index (χ3n) is 4.85. The van der Waals surface area contributed by atoms with E-state index in [1.165, 1.54) is 57.8 Å². The summed E-state index contributed by atoms with van der Waals surface area (Å²) in [7, 11) is 0. The zero-order chi connectivity index (χ0) is 10.4. The van der Waals surface area contributed by atoms with Crippen LogP contribution in [0.5, 0.6) is 0 Å². The lowest BCUT2D eigenvalue weighted by atomic mass is 9.71. The van der Waals surface area contributed by atoms with E-state index in [4.69, 9.17) is 0 Å². The van der Waals surface area contributed by atoms with Gasteiger partial charge in [-0.3, -0.25) is 0 Å². The van der Waals surface area contributed by atoms with Crippen LogP contribution < -0.4 is 0 Å². The van der Waals surface area contributed by atoms with Gasteiger partial charge < -0.3 is 0 Å². The lowest BCUT2D eigenvalue weighted by Crippen LogP contribution is -2.24.